The van der Waals surface area contributed by atoms with E-state index in [1.54, 1.807) is 6.92 Å². The number of amides is 3. The van der Waals surface area contributed by atoms with Crippen LogP contribution in [0.1, 0.15) is 31.3 Å². The topological polar surface area (TPSA) is 75.2 Å². The summed E-state index contributed by atoms with van der Waals surface area (Å²) in [7, 11) is 0. The van der Waals surface area contributed by atoms with E-state index in [0.717, 1.165) is 30.0 Å². The quantitative estimate of drug-likeness (QED) is 0.862. The molecule has 2 aliphatic rings. The minimum atomic E-state index is -4.60. The van der Waals surface area contributed by atoms with E-state index in [9.17, 15) is 22.8 Å². The molecule has 1 atom stereocenters. The Morgan fingerprint density at radius 1 is 1.41 bits per heavy atom. The van der Waals surface area contributed by atoms with Crippen LogP contribution in [0, 0.1) is 5.92 Å². The summed E-state index contributed by atoms with van der Waals surface area (Å²) >= 11 is 0. The van der Waals surface area contributed by atoms with Crippen LogP contribution in [-0.4, -0.2) is 32.3 Å². The van der Waals surface area contributed by atoms with Crippen LogP contribution < -0.4 is 5.32 Å². The Morgan fingerprint density at radius 2 is 2.09 bits per heavy atom. The minimum absolute atomic E-state index is 0.0800. The lowest BCUT2D eigenvalue weighted by Crippen LogP contribution is -2.46. The van der Waals surface area contributed by atoms with Crippen molar-refractivity contribution in [3.63, 3.8) is 0 Å². The van der Waals surface area contributed by atoms with E-state index in [1.807, 2.05) is 0 Å². The number of hydrogen-bond donors (Lipinski definition) is 1. The molecule has 0 bridgehead atoms. The summed E-state index contributed by atoms with van der Waals surface area (Å²) in [5.74, 6) is -0.587. The van der Waals surface area contributed by atoms with E-state index in [1.165, 1.54) is 0 Å². The van der Waals surface area contributed by atoms with Crippen molar-refractivity contribution >= 4 is 11.9 Å². The molecule has 1 saturated carbocycles. The Balaban J connectivity index is 1.81. The van der Waals surface area contributed by atoms with Crippen LogP contribution in [0.3, 0.4) is 0 Å². The first-order valence-corrected chi connectivity index (χ1v) is 6.75. The molecule has 118 valence electrons. The third-order valence-corrected chi connectivity index (χ3v) is 3.99. The zero-order valence-corrected chi connectivity index (χ0v) is 11.6. The van der Waals surface area contributed by atoms with E-state index in [0.29, 0.717) is 0 Å². The van der Waals surface area contributed by atoms with Gasteiger partial charge in [0.15, 0.2) is 0 Å². The predicted octanol–water partition coefficient (Wildman–Crippen LogP) is 1.72. The zero-order chi connectivity index (χ0) is 16.1. The number of rotatable bonds is 3. The summed E-state index contributed by atoms with van der Waals surface area (Å²) in [5, 5.41) is 2.62. The first-order chi connectivity index (χ1) is 10.2. The molecule has 3 rings (SSSR count). The molecular weight excluding hydrogens is 301 g/mol. The standard InChI is InChI=1S/C13H13F3N4O2/c1-12(7-2-3-7)10(21)20(11(22)19-12)6-9-17-5-4-8(18-9)13(14,15)16/h4-5,7H,2-3,6H2,1H3,(H,19,22). The van der Waals surface area contributed by atoms with Gasteiger partial charge >= 0.3 is 12.2 Å². The van der Waals surface area contributed by atoms with E-state index < -0.39 is 29.3 Å². The first kappa shape index (κ1) is 14.7. The number of nitrogens with one attached hydrogen (secondary N) is 1. The molecule has 0 radical (unpaired) electrons. The fourth-order valence-electron chi connectivity index (χ4n) is 2.57. The van der Waals surface area contributed by atoms with Gasteiger partial charge in [0.1, 0.15) is 17.1 Å². The third kappa shape index (κ3) is 2.40. The van der Waals surface area contributed by atoms with Crippen molar-refractivity contribution in [2.75, 3.05) is 0 Å². The van der Waals surface area contributed by atoms with Gasteiger partial charge in [-0.2, -0.15) is 13.2 Å². The molecule has 6 nitrogen and oxygen atoms in total. The van der Waals surface area contributed by atoms with Gasteiger partial charge in [0.05, 0.1) is 6.54 Å². The highest BCUT2D eigenvalue weighted by Gasteiger charge is 2.56. The third-order valence-electron chi connectivity index (χ3n) is 3.99. The second-order valence-electron chi connectivity index (χ2n) is 5.65. The molecule has 1 unspecified atom stereocenters. The molecule has 1 N–H and O–H groups in total. The van der Waals surface area contributed by atoms with Crippen molar-refractivity contribution in [1.29, 1.82) is 0 Å². The number of imide groups is 1. The van der Waals surface area contributed by atoms with Gasteiger partial charge < -0.3 is 5.32 Å². The number of urea groups is 1. The van der Waals surface area contributed by atoms with Gasteiger partial charge in [-0.1, -0.05) is 0 Å². The summed E-state index contributed by atoms with van der Waals surface area (Å²) in [6, 6.07) is 0.115. The van der Waals surface area contributed by atoms with E-state index in [4.69, 9.17) is 0 Å². The van der Waals surface area contributed by atoms with Gasteiger partial charge in [-0.05, 0) is 31.7 Å². The molecule has 1 aromatic rings. The summed E-state index contributed by atoms with van der Waals surface area (Å²) in [5.41, 5.74) is -2.08. The monoisotopic (exact) mass is 314 g/mol. The highest BCUT2D eigenvalue weighted by atomic mass is 19.4. The Hall–Kier alpha value is -2.19. The molecule has 1 aliphatic heterocycles. The van der Waals surface area contributed by atoms with E-state index >= 15 is 0 Å². The van der Waals surface area contributed by atoms with Crippen LogP contribution in [0.4, 0.5) is 18.0 Å². The number of hydrogen-bond acceptors (Lipinski definition) is 4. The van der Waals surface area contributed by atoms with Gasteiger partial charge in [0, 0.05) is 6.20 Å². The second-order valence-corrected chi connectivity index (χ2v) is 5.65. The summed E-state index contributed by atoms with van der Waals surface area (Å²) in [6.45, 7) is 1.26. The minimum Gasteiger partial charge on any atom is -0.323 e. The van der Waals surface area contributed by atoms with Crippen LogP contribution in [0.25, 0.3) is 0 Å². The maximum Gasteiger partial charge on any atom is 0.433 e. The first-order valence-electron chi connectivity index (χ1n) is 6.75. The van der Waals surface area contributed by atoms with Crippen molar-refractivity contribution in [3.05, 3.63) is 23.8 Å². The van der Waals surface area contributed by atoms with Gasteiger partial charge in [0.2, 0.25) is 0 Å². The Morgan fingerprint density at radius 3 is 2.68 bits per heavy atom. The van der Waals surface area contributed by atoms with Crippen molar-refractivity contribution in [3.8, 4) is 0 Å². The van der Waals surface area contributed by atoms with Gasteiger partial charge in [-0.15, -0.1) is 0 Å². The van der Waals surface area contributed by atoms with Crippen LogP contribution in [0.5, 0.6) is 0 Å². The van der Waals surface area contributed by atoms with Crippen LogP contribution in [-0.2, 0) is 17.5 Å². The van der Waals surface area contributed by atoms with Crippen molar-refractivity contribution in [2.45, 2.75) is 38.0 Å². The normalized spacial score (nSPS) is 25.5. The maximum absolute atomic E-state index is 12.6. The Kier molecular flexibility index (Phi) is 3.12. The number of carbonyl (C=O) groups is 2. The average Bonchev–Trinajstić information content (AvgIpc) is 3.25. The molecule has 3 amide bonds. The van der Waals surface area contributed by atoms with Gasteiger partial charge in [0.25, 0.3) is 5.91 Å². The zero-order valence-electron chi connectivity index (χ0n) is 11.6. The molecule has 2 fully saturated rings. The number of nitrogens with zero attached hydrogens (tertiary/aromatic N) is 3. The largest absolute Gasteiger partial charge is 0.433 e. The highest BCUT2D eigenvalue weighted by Crippen LogP contribution is 2.42. The van der Waals surface area contributed by atoms with Crippen molar-refractivity contribution < 1.29 is 22.8 Å². The number of halogens is 3. The SMILES string of the molecule is CC1(C2CC2)NC(=O)N(Cc2nccc(C(F)(F)F)n2)C1=O. The second kappa shape index (κ2) is 4.65. The fourth-order valence-corrected chi connectivity index (χ4v) is 2.57. The van der Waals surface area contributed by atoms with Crippen molar-refractivity contribution in [2.24, 2.45) is 5.92 Å². The lowest BCUT2D eigenvalue weighted by Gasteiger charge is -2.20. The van der Waals surface area contributed by atoms with Crippen molar-refractivity contribution in [1.82, 2.24) is 20.2 Å². The fraction of sp³-hybridized carbons (Fsp3) is 0.538. The Labute approximate surface area is 123 Å². The summed E-state index contributed by atoms with van der Waals surface area (Å²) < 4.78 is 37.9. The molecular formula is C13H13F3N4O2. The van der Waals surface area contributed by atoms with Crippen LogP contribution in [0.2, 0.25) is 0 Å². The molecule has 22 heavy (non-hydrogen) atoms. The molecule has 0 aromatic carbocycles. The maximum atomic E-state index is 12.6. The van der Waals surface area contributed by atoms with Crippen LogP contribution in [0.15, 0.2) is 12.3 Å². The predicted molar refractivity (Wildman–Crippen MR) is 67.2 cm³/mol. The number of carbonyl (C=O) groups excluding carboxylic acids is 2. The highest BCUT2D eigenvalue weighted by molar-refractivity contribution is 6.07. The molecule has 0 spiro atoms. The smallest absolute Gasteiger partial charge is 0.323 e. The molecule has 1 aromatic heterocycles. The lowest BCUT2D eigenvalue weighted by molar-refractivity contribution is -0.141. The van der Waals surface area contributed by atoms with Gasteiger partial charge in [-0.3, -0.25) is 9.69 Å². The van der Waals surface area contributed by atoms with E-state index in [-0.39, 0.29) is 18.3 Å². The molecule has 1 aliphatic carbocycles. The summed E-state index contributed by atoms with van der Waals surface area (Å²) in [4.78, 5) is 32.3. The van der Waals surface area contributed by atoms with E-state index in [2.05, 4.69) is 15.3 Å². The number of aromatic nitrogens is 2. The average molecular weight is 314 g/mol. The Bertz CT molecular complexity index is 644. The summed E-state index contributed by atoms with van der Waals surface area (Å²) in [6.07, 6.45) is -1.95. The number of alkyl halides is 3. The molecule has 1 saturated heterocycles. The molecule has 9 heteroatoms. The van der Waals surface area contributed by atoms with Crippen LogP contribution >= 0.6 is 0 Å². The lowest BCUT2D eigenvalue weighted by atomic mass is 9.96. The van der Waals surface area contributed by atoms with Gasteiger partial charge in [-0.25, -0.2) is 14.8 Å². The molecule has 2 heterocycles.